The summed E-state index contributed by atoms with van der Waals surface area (Å²) in [6, 6.07) is 0. The van der Waals surface area contributed by atoms with Gasteiger partial charge in [0.2, 0.25) is 0 Å². The molecule has 1 nitrogen and oxygen atoms in total. The van der Waals surface area contributed by atoms with Crippen LogP contribution in [0.25, 0.3) is 0 Å². The van der Waals surface area contributed by atoms with E-state index in [-0.39, 0.29) is 7.43 Å². The molecule has 0 radical (unpaired) electrons. The van der Waals surface area contributed by atoms with E-state index in [2.05, 4.69) is 53.4 Å². The van der Waals surface area contributed by atoms with E-state index in [1.807, 2.05) is 0 Å². The third-order valence-corrected chi connectivity index (χ3v) is 7.55. The van der Waals surface area contributed by atoms with Crippen LogP contribution in [0.15, 0.2) is 0 Å². The van der Waals surface area contributed by atoms with Gasteiger partial charge in [-0.15, -0.1) is 0 Å². The van der Waals surface area contributed by atoms with Crippen molar-refractivity contribution in [2.75, 3.05) is 19.6 Å². The summed E-state index contributed by atoms with van der Waals surface area (Å²) < 4.78 is 0. The first-order valence-electron chi connectivity index (χ1n) is 13.3. The van der Waals surface area contributed by atoms with Crippen molar-refractivity contribution in [3.05, 3.63) is 0 Å². The summed E-state index contributed by atoms with van der Waals surface area (Å²) in [5.41, 5.74) is 0.500. The van der Waals surface area contributed by atoms with Crippen LogP contribution in [0.2, 0.25) is 0 Å². The van der Waals surface area contributed by atoms with Gasteiger partial charge in [-0.2, -0.15) is 0 Å². The number of hydrogen-bond acceptors (Lipinski definition) is 1. The van der Waals surface area contributed by atoms with Crippen LogP contribution in [0.4, 0.5) is 0 Å². The van der Waals surface area contributed by atoms with Gasteiger partial charge in [0.1, 0.15) is 0 Å². The first kappa shape index (κ1) is 26.2. The van der Waals surface area contributed by atoms with E-state index in [9.17, 15) is 0 Å². The van der Waals surface area contributed by atoms with Gasteiger partial charge in [0.05, 0.1) is 0 Å². The Morgan fingerprint density at radius 2 is 0.667 bits per heavy atom. The predicted octanol–water partition coefficient (Wildman–Crippen LogP) is 8.53. The molecule has 1 heteroatoms. The molecule has 3 aliphatic heterocycles. The zero-order valence-corrected chi connectivity index (χ0v) is 21.1. The smallest absolute Gasteiger partial charge is 0.00101 e. The predicted molar refractivity (Wildman–Crippen MR) is 135 cm³/mol. The highest BCUT2D eigenvalue weighted by Crippen LogP contribution is 2.53. The molecular weight excluding hydrogens is 362 g/mol. The molecule has 0 aromatic carbocycles. The molecule has 8 bridgehead atoms. The third-order valence-electron chi connectivity index (χ3n) is 7.55. The van der Waals surface area contributed by atoms with Gasteiger partial charge in [0.15, 0.2) is 0 Å². The molecule has 0 aromatic rings. The van der Waals surface area contributed by atoms with E-state index >= 15 is 0 Å². The summed E-state index contributed by atoms with van der Waals surface area (Å²) in [7, 11) is 0. The summed E-state index contributed by atoms with van der Waals surface area (Å²) in [6.45, 7) is 19.6. The standard InChI is InChI=1S/C10H16.C9H15N.C5H12.C4H10.CH4/c1-7-2-9-4-8(1)5-10(3-7)6-9;1-7-2-9-3-8(1)5-10(4-7)6-9;1-5(2,3)4;1-4(2)3;/h7-10H,1-6H2;7-9H,1-6H2;1-4H3;4H,1-3H3;1H4. The van der Waals surface area contributed by atoms with Crippen molar-refractivity contribution < 1.29 is 0 Å². The first-order chi connectivity index (χ1) is 13.5. The average molecular weight is 420 g/mol. The molecule has 0 amide bonds. The van der Waals surface area contributed by atoms with Gasteiger partial charge < -0.3 is 4.90 Å². The second-order valence-corrected chi connectivity index (χ2v) is 14.1. The van der Waals surface area contributed by atoms with Crippen molar-refractivity contribution in [1.29, 1.82) is 0 Å². The van der Waals surface area contributed by atoms with Gasteiger partial charge in [-0.25, -0.2) is 0 Å². The lowest BCUT2D eigenvalue weighted by Crippen LogP contribution is -2.53. The Balaban J connectivity index is 0.000000152. The molecule has 3 heterocycles. The van der Waals surface area contributed by atoms with E-state index in [0.29, 0.717) is 5.41 Å². The quantitative estimate of drug-likeness (QED) is 0.380. The van der Waals surface area contributed by atoms with Crippen molar-refractivity contribution in [1.82, 2.24) is 4.90 Å². The zero-order chi connectivity index (χ0) is 21.2. The van der Waals surface area contributed by atoms with Crippen LogP contribution in [-0.2, 0) is 0 Å². The molecule has 178 valence electrons. The Morgan fingerprint density at radius 3 is 0.833 bits per heavy atom. The number of piperidine rings is 3. The van der Waals surface area contributed by atoms with E-state index in [4.69, 9.17) is 0 Å². The lowest BCUT2D eigenvalue weighted by Gasteiger charge is -2.51. The van der Waals surface area contributed by atoms with Crippen LogP contribution in [0.5, 0.6) is 0 Å². The summed E-state index contributed by atoms with van der Waals surface area (Å²) in [6.07, 6.45) is 14.3. The Kier molecular flexibility index (Phi) is 9.79. The second kappa shape index (κ2) is 11.2. The van der Waals surface area contributed by atoms with Crippen LogP contribution in [0.3, 0.4) is 0 Å². The fraction of sp³-hybridized carbons (Fsp3) is 1.00. The fourth-order valence-corrected chi connectivity index (χ4v) is 7.45. The third kappa shape index (κ3) is 8.84. The minimum atomic E-state index is 0. The molecule has 3 saturated heterocycles. The maximum absolute atomic E-state index is 2.69. The van der Waals surface area contributed by atoms with Gasteiger partial charge in [-0.1, -0.05) is 55.9 Å². The summed E-state index contributed by atoms with van der Waals surface area (Å²) in [5, 5.41) is 0. The molecule has 0 aromatic heterocycles. The lowest BCUT2D eigenvalue weighted by molar-refractivity contribution is -0.0169. The number of nitrogens with zero attached hydrogens (tertiary/aromatic N) is 1. The van der Waals surface area contributed by atoms with Crippen LogP contribution in [0, 0.1) is 52.8 Å². The van der Waals surface area contributed by atoms with Gasteiger partial charge in [-0.05, 0) is 111 Å². The van der Waals surface area contributed by atoms with Crippen molar-refractivity contribution in [2.45, 2.75) is 114 Å². The Morgan fingerprint density at radius 1 is 0.500 bits per heavy atom. The number of hydrogen-bond donors (Lipinski definition) is 0. The van der Waals surface area contributed by atoms with Gasteiger partial charge >= 0.3 is 0 Å². The highest BCUT2D eigenvalue weighted by Gasteiger charge is 2.42. The van der Waals surface area contributed by atoms with E-state index < -0.39 is 0 Å². The normalized spacial score (nSPS) is 41.6. The van der Waals surface area contributed by atoms with Crippen LogP contribution < -0.4 is 0 Å². The molecule has 0 N–H and O–H groups in total. The molecule has 5 aliphatic carbocycles. The SMILES string of the molecule is C.C1C2CC3CC1CC(C2)C3.C1C2CC3CC1CN(C2)C3.CC(C)(C)C.CC(C)C. The lowest BCUT2D eigenvalue weighted by atomic mass is 9.56. The summed E-state index contributed by atoms with van der Waals surface area (Å²) in [5.74, 6) is 8.85. The van der Waals surface area contributed by atoms with Crippen LogP contribution >= 0.6 is 0 Å². The number of rotatable bonds is 0. The van der Waals surface area contributed by atoms with Crippen molar-refractivity contribution in [2.24, 2.45) is 52.8 Å². The molecule has 30 heavy (non-hydrogen) atoms. The minimum Gasteiger partial charge on any atom is -0.303 e. The van der Waals surface area contributed by atoms with Crippen molar-refractivity contribution in [3.63, 3.8) is 0 Å². The fourth-order valence-electron chi connectivity index (χ4n) is 7.45. The van der Waals surface area contributed by atoms with Crippen LogP contribution in [0.1, 0.15) is 114 Å². The van der Waals surface area contributed by atoms with Crippen molar-refractivity contribution in [3.8, 4) is 0 Å². The van der Waals surface area contributed by atoms with Gasteiger partial charge in [0.25, 0.3) is 0 Å². The molecule has 8 aliphatic rings. The van der Waals surface area contributed by atoms with E-state index in [1.54, 1.807) is 57.8 Å². The minimum absolute atomic E-state index is 0. The molecule has 0 atom stereocenters. The van der Waals surface area contributed by atoms with Gasteiger partial charge in [-0.3, -0.25) is 0 Å². The van der Waals surface area contributed by atoms with E-state index in [1.165, 1.54) is 43.3 Å². The highest BCUT2D eigenvalue weighted by molar-refractivity contribution is 4.94. The highest BCUT2D eigenvalue weighted by atomic mass is 15.2. The Labute approximate surface area is 191 Å². The molecule has 8 fully saturated rings. The molecule has 0 spiro atoms. The summed E-state index contributed by atoms with van der Waals surface area (Å²) in [4.78, 5) is 2.69. The molecular formula is C29H57N. The topological polar surface area (TPSA) is 3.24 Å². The maximum Gasteiger partial charge on any atom is 0.00101 e. The van der Waals surface area contributed by atoms with Gasteiger partial charge in [0, 0.05) is 19.6 Å². The van der Waals surface area contributed by atoms with Crippen LogP contribution in [-0.4, -0.2) is 24.5 Å². The molecule has 5 saturated carbocycles. The monoisotopic (exact) mass is 419 g/mol. The second-order valence-electron chi connectivity index (χ2n) is 14.1. The average Bonchev–Trinajstić information content (AvgIpc) is 2.50. The largest absolute Gasteiger partial charge is 0.303 e. The molecule has 8 rings (SSSR count). The van der Waals surface area contributed by atoms with E-state index in [0.717, 1.165) is 23.7 Å². The Bertz CT molecular complexity index is 327. The van der Waals surface area contributed by atoms with Crippen molar-refractivity contribution >= 4 is 0 Å². The first-order valence-corrected chi connectivity index (χ1v) is 13.3. The summed E-state index contributed by atoms with van der Waals surface area (Å²) >= 11 is 0. The Hall–Kier alpha value is -0.0400. The maximum atomic E-state index is 2.69. The zero-order valence-electron chi connectivity index (χ0n) is 21.1. The molecule has 0 unspecified atom stereocenters.